The van der Waals surface area contributed by atoms with Crippen molar-refractivity contribution in [2.24, 2.45) is 0 Å². The summed E-state index contributed by atoms with van der Waals surface area (Å²) in [6.45, 7) is 3.50. The maximum atomic E-state index is 13.5. The Bertz CT molecular complexity index is 807. The van der Waals surface area contributed by atoms with E-state index < -0.39 is 20.9 Å². The molecule has 0 amide bonds. The molecule has 2 aromatic heterocycles. The number of anilines is 1. The molecule has 2 rings (SSSR count). The maximum absolute atomic E-state index is 13.5. The van der Waals surface area contributed by atoms with Crippen molar-refractivity contribution in [2.45, 2.75) is 18.9 Å². The number of pyridine rings is 1. The smallest absolute Gasteiger partial charge is 0.268 e. The molecule has 1 N–H and O–H groups in total. The van der Waals surface area contributed by atoms with Gasteiger partial charge in [0.25, 0.3) is 10.0 Å². The monoisotopic (exact) mass is 311 g/mol. The van der Waals surface area contributed by atoms with Gasteiger partial charge in [-0.15, -0.1) is 11.3 Å². The van der Waals surface area contributed by atoms with Crippen LogP contribution in [0.3, 0.4) is 0 Å². The summed E-state index contributed by atoms with van der Waals surface area (Å²) in [6.07, 6.45) is 1.19. The topological polar surface area (TPSA) is 82.8 Å². The van der Waals surface area contributed by atoms with Crippen LogP contribution >= 0.6 is 11.3 Å². The summed E-state index contributed by atoms with van der Waals surface area (Å²) in [5.74, 6) is -0.941. The molecule has 2 aromatic rings. The number of hydrogen-bond acceptors (Lipinski definition) is 5. The number of hydrogen-bond donors (Lipinski definition) is 1. The van der Waals surface area contributed by atoms with E-state index in [1.54, 1.807) is 13.8 Å². The molecule has 0 aliphatic rings. The second kappa shape index (κ2) is 5.19. The minimum atomic E-state index is -4.16. The Morgan fingerprint density at radius 1 is 1.45 bits per heavy atom. The average Bonchev–Trinajstić information content (AvgIpc) is 2.64. The summed E-state index contributed by atoms with van der Waals surface area (Å²) in [7, 11) is -4.16. The zero-order valence-corrected chi connectivity index (χ0v) is 12.3. The standard InChI is InChI=1S/C12H10FN3O2S2/c1-7-8(2)19-11(9(7)6-14)16-20(17,18)12-10(13)4-3-5-15-12/h3-5,16H,1-2H3. The van der Waals surface area contributed by atoms with Gasteiger partial charge in [0.15, 0.2) is 5.82 Å². The number of nitrogens with one attached hydrogen (secondary N) is 1. The molecule has 0 spiro atoms. The highest BCUT2D eigenvalue weighted by molar-refractivity contribution is 7.92. The van der Waals surface area contributed by atoms with Crippen LogP contribution in [0.2, 0.25) is 0 Å². The Hall–Kier alpha value is -1.98. The maximum Gasteiger partial charge on any atom is 0.283 e. The van der Waals surface area contributed by atoms with E-state index in [0.717, 1.165) is 22.3 Å². The summed E-state index contributed by atoms with van der Waals surface area (Å²) in [5.41, 5.74) is 0.948. The summed E-state index contributed by atoms with van der Waals surface area (Å²) in [6, 6.07) is 4.25. The fourth-order valence-corrected chi connectivity index (χ4v) is 3.90. The first kappa shape index (κ1) is 14.4. The molecule has 0 aliphatic heterocycles. The zero-order valence-electron chi connectivity index (χ0n) is 10.6. The predicted molar refractivity (Wildman–Crippen MR) is 73.5 cm³/mol. The van der Waals surface area contributed by atoms with Gasteiger partial charge in [-0.3, -0.25) is 4.72 Å². The molecule has 0 fully saturated rings. The van der Waals surface area contributed by atoms with Crippen molar-refractivity contribution < 1.29 is 12.8 Å². The normalized spacial score (nSPS) is 11.1. The van der Waals surface area contributed by atoms with Gasteiger partial charge >= 0.3 is 0 Å². The molecule has 8 heteroatoms. The second-order valence-corrected chi connectivity index (χ2v) is 6.82. The highest BCUT2D eigenvalue weighted by Crippen LogP contribution is 2.33. The molecule has 0 saturated heterocycles. The minimum absolute atomic E-state index is 0.174. The number of nitriles is 1. The van der Waals surface area contributed by atoms with E-state index in [1.807, 2.05) is 6.07 Å². The highest BCUT2D eigenvalue weighted by Gasteiger charge is 2.23. The molecular weight excluding hydrogens is 301 g/mol. The van der Waals surface area contributed by atoms with Gasteiger partial charge in [0, 0.05) is 11.1 Å². The van der Waals surface area contributed by atoms with Crippen LogP contribution < -0.4 is 4.72 Å². The van der Waals surface area contributed by atoms with Crippen LogP contribution in [-0.2, 0) is 10.0 Å². The summed E-state index contributed by atoms with van der Waals surface area (Å²) < 4.78 is 39.9. The van der Waals surface area contributed by atoms with E-state index in [9.17, 15) is 12.8 Å². The molecule has 0 aromatic carbocycles. The molecule has 0 saturated carbocycles. The van der Waals surface area contributed by atoms with Crippen LogP contribution in [0.15, 0.2) is 23.4 Å². The highest BCUT2D eigenvalue weighted by atomic mass is 32.2. The molecule has 20 heavy (non-hydrogen) atoms. The van der Waals surface area contributed by atoms with Gasteiger partial charge in [-0.05, 0) is 31.5 Å². The first-order valence-corrected chi connectivity index (χ1v) is 7.80. The van der Waals surface area contributed by atoms with Crippen molar-refractivity contribution in [1.29, 1.82) is 5.26 Å². The van der Waals surface area contributed by atoms with E-state index in [1.165, 1.54) is 12.3 Å². The fourth-order valence-electron chi connectivity index (χ4n) is 1.57. The van der Waals surface area contributed by atoms with Crippen molar-refractivity contribution >= 4 is 26.4 Å². The molecule has 0 bridgehead atoms. The minimum Gasteiger partial charge on any atom is -0.268 e. The summed E-state index contributed by atoms with van der Waals surface area (Å²) >= 11 is 1.13. The first-order valence-electron chi connectivity index (χ1n) is 5.50. The second-order valence-electron chi connectivity index (χ2n) is 4.00. The van der Waals surface area contributed by atoms with Crippen LogP contribution in [0.1, 0.15) is 16.0 Å². The zero-order chi connectivity index (χ0) is 14.9. The lowest BCUT2D eigenvalue weighted by atomic mass is 10.2. The summed E-state index contributed by atoms with van der Waals surface area (Å²) in [4.78, 5) is 4.35. The number of thiophene rings is 1. The molecule has 0 aliphatic carbocycles. The van der Waals surface area contributed by atoms with Gasteiger partial charge in [-0.1, -0.05) is 0 Å². The van der Waals surface area contributed by atoms with Gasteiger partial charge in [-0.25, -0.2) is 9.37 Å². The van der Waals surface area contributed by atoms with Crippen molar-refractivity contribution in [3.05, 3.63) is 40.2 Å². The van der Waals surface area contributed by atoms with Gasteiger partial charge in [0.2, 0.25) is 5.03 Å². The fraction of sp³-hybridized carbons (Fsp3) is 0.167. The van der Waals surface area contributed by atoms with Crippen LogP contribution in [-0.4, -0.2) is 13.4 Å². The molecule has 0 atom stereocenters. The van der Waals surface area contributed by atoms with Crippen LogP contribution in [0.4, 0.5) is 9.39 Å². The molecule has 5 nitrogen and oxygen atoms in total. The van der Waals surface area contributed by atoms with Crippen molar-refractivity contribution in [3.63, 3.8) is 0 Å². The SMILES string of the molecule is Cc1sc(NS(=O)(=O)c2ncccc2F)c(C#N)c1C. The van der Waals surface area contributed by atoms with Crippen molar-refractivity contribution in [3.8, 4) is 6.07 Å². The number of aromatic nitrogens is 1. The predicted octanol–water partition coefficient (Wildman–Crippen LogP) is 2.57. The Labute approximate surface area is 119 Å². The van der Waals surface area contributed by atoms with Crippen LogP contribution in [0, 0.1) is 31.0 Å². The van der Waals surface area contributed by atoms with E-state index in [-0.39, 0.29) is 10.6 Å². The van der Waals surface area contributed by atoms with E-state index in [2.05, 4.69) is 9.71 Å². The Morgan fingerprint density at radius 3 is 2.75 bits per heavy atom. The van der Waals surface area contributed by atoms with Gasteiger partial charge < -0.3 is 0 Å². The Balaban J connectivity index is 2.48. The molecule has 104 valence electrons. The third kappa shape index (κ3) is 2.50. The van der Waals surface area contributed by atoms with Gasteiger partial charge in [-0.2, -0.15) is 13.7 Å². The number of aryl methyl sites for hydroxylation is 1. The lowest BCUT2D eigenvalue weighted by Crippen LogP contribution is -2.16. The van der Waals surface area contributed by atoms with Crippen molar-refractivity contribution in [1.82, 2.24) is 4.98 Å². The Morgan fingerprint density at radius 2 is 2.15 bits per heavy atom. The largest absolute Gasteiger partial charge is 0.283 e. The third-order valence-electron chi connectivity index (χ3n) is 2.70. The van der Waals surface area contributed by atoms with Gasteiger partial charge in [0.1, 0.15) is 11.1 Å². The number of nitrogens with zero attached hydrogens (tertiary/aromatic N) is 2. The molecule has 0 radical (unpaired) electrons. The van der Waals surface area contributed by atoms with Crippen LogP contribution in [0.25, 0.3) is 0 Å². The lowest BCUT2D eigenvalue weighted by Gasteiger charge is -2.06. The quantitative estimate of drug-likeness (QED) is 0.944. The van der Waals surface area contributed by atoms with E-state index >= 15 is 0 Å². The van der Waals surface area contributed by atoms with Crippen LogP contribution in [0.5, 0.6) is 0 Å². The number of rotatable bonds is 3. The summed E-state index contributed by atoms with van der Waals surface area (Å²) in [5, 5.41) is 8.55. The van der Waals surface area contributed by atoms with E-state index in [0.29, 0.717) is 5.56 Å². The molecular formula is C12H10FN3O2S2. The molecule has 2 heterocycles. The number of halogens is 1. The first-order chi connectivity index (χ1) is 9.36. The number of sulfonamides is 1. The van der Waals surface area contributed by atoms with Crippen molar-refractivity contribution in [2.75, 3.05) is 4.72 Å². The molecule has 0 unspecified atom stereocenters. The lowest BCUT2D eigenvalue weighted by molar-refractivity contribution is 0.557. The Kier molecular flexibility index (Phi) is 3.74. The van der Waals surface area contributed by atoms with E-state index in [4.69, 9.17) is 5.26 Å². The third-order valence-corrected chi connectivity index (χ3v) is 5.24. The average molecular weight is 311 g/mol. The van der Waals surface area contributed by atoms with Gasteiger partial charge in [0.05, 0.1) is 5.56 Å².